The van der Waals surface area contributed by atoms with Crippen molar-refractivity contribution in [2.45, 2.75) is 38.5 Å². The average Bonchev–Trinajstić information content (AvgIpc) is 2.99. The van der Waals surface area contributed by atoms with Gasteiger partial charge in [0.2, 0.25) is 5.52 Å². The minimum Gasteiger partial charge on any atom is -0.497 e. The van der Waals surface area contributed by atoms with Crippen LogP contribution >= 0.6 is 0 Å². The SMILES string of the molecule is COc1ccc2[nH]c3c(cc[n+]4cc5c(cc34)CCCCCC5)c2c1. The Morgan fingerprint density at radius 2 is 1.76 bits per heavy atom. The zero-order valence-electron chi connectivity index (χ0n) is 14.6. The number of pyridine rings is 2. The Morgan fingerprint density at radius 1 is 0.920 bits per heavy atom. The minimum absolute atomic E-state index is 0.902. The minimum atomic E-state index is 0.902. The van der Waals surface area contributed by atoms with Crippen LogP contribution < -0.4 is 9.14 Å². The molecule has 25 heavy (non-hydrogen) atoms. The van der Waals surface area contributed by atoms with Gasteiger partial charge < -0.3 is 9.72 Å². The Balaban J connectivity index is 1.80. The molecular weight excluding hydrogens is 308 g/mol. The van der Waals surface area contributed by atoms with Crippen LogP contribution in [0.15, 0.2) is 42.7 Å². The fourth-order valence-electron chi connectivity index (χ4n) is 4.27. The summed E-state index contributed by atoms with van der Waals surface area (Å²) >= 11 is 0. The maximum Gasteiger partial charge on any atom is 0.235 e. The maximum absolute atomic E-state index is 5.41. The fraction of sp³-hybridized carbons (Fsp3) is 0.318. The molecule has 0 bridgehead atoms. The van der Waals surface area contributed by atoms with Crippen molar-refractivity contribution in [2.75, 3.05) is 7.11 Å². The highest BCUT2D eigenvalue weighted by Gasteiger charge is 2.18. The number of nitrogens with zero attached hydrogens (tertiary/aromatic N) is 1. The van der Waals surface area contributed by atoms with Gasteiger partial charge in [-0.15, -0.1) is 0 Å². The largest absolute Gasteiger partial charge is 0.497 e. The summed E-state index contributed by atoms with van der Waals surface area (Å²) in [5.41, 5.74) is 6.70. The lowest BCUT2D eigenvalue weighted by Gasteiger charge is -2.12. The molecule has 3 heterocycles. The van der Waals surface area contributed by atoms with Crippen molar-refractivity contribution in [2.24, 2.45) is 0 Å². The van der Waals surface area contributed by atoms with Crippen LogP contribution in [-0.4, -0.2) is 12.1 Å². The standard InChI is InChI=1S/C22H22N2O/c1-25-17-8-9-20-19(13-17)18-10-11-24-14-16-7-5-3-2-4-6-15(16)12-21(24)22(18)23-20/h8-14H,2-7H2,1H3/p+1. The van der Waals surface area contributed by atoms with E-state index in [0.717, 1.165) is 11.3 Å². The first-order chi connectivity index (χ1) is 12.3. The number of aromatic amines is 1. The molecule has 1 aliphatic carbocycles. The number of nitrogens with one attached hydrogen (secondary N) is 1. The second-order valence-corrected chi connectivity index (χ2v) is 7.17. The highest BCUT2D eigenvalue weighted by atomic mass is 16.5. The Bertz CT molecular complexity index is 1090. The number of benzene rings is 1. The van der Waals surface area contributed by atoms with Gasteiger partial charge in [0.1, 0.15) is 11.3 Å². The first-order valence-electron chi connectivity index (χ1n) is 9.29. The van der Waals surface area contributed by atoms with Crippen molar-refractivity contribution in [1.82, 2.24) is 4.98 Å². The molecule has 5 rings (SSSR count). The summed E-state index contributed by atoms with van der Waals surface area (Å²) in [5, 5.41) is 2.49. The lowest BCUT2D eigenvalue weighted by Crippen LogP contribution is -2.23. The van der Waals surface area contributed by atoms with Crippen molar-refractivity contribution in [1.29, 1.82) is 0 Å². The van der Waals surface area contributed by atoms with Crippen LogP contribution in [0, 0.1) is 0 Å². The summed E-state index contributed by atoms with van der Waals surface area (Å²) < 4.78 is 7.70. The number of H-pyrrole nitrogens is 1. The topological polar surface area (TPSA) is 29.1 Å². The van der Waals surface area contributed by atoms with Crippen molar-refractivity contribution < 1.29 is 9.14 Å². The first-order valence-corrected chi connectivity index (χ1v) is 9.29. The Labute approximate surface area is 147 Å². The van der Waals surface area contributed by atoms with Gasteiger partial charge in [-0.25, -0.2) is 0 Å². The molecule has 0 amide bonds. The number of methoxy groups -OCH3 is 1. The third-order valence-corrected chi connectivity index (χ3v) is 5.64. The fourth-order valence-corrected chi connectivity index (χ4v) is 4.27. The van der Waals surface area contributed by atoms with Gasteiger partial charge in [0.15, 0.2) is 12.4 Å². The maximum atomic E-state index is 5.41. The Kier molecular flexibility index (Phi) is 3.40. The number of rotatable bonds is 1. The molecule has 3 aromatic heterocycles. The number of fused-ring (bicyclic) bond motifs is 6. The first kappa shape index (κ1) is 14.8. The molecule has 3 heteroatoms. The van der Waals surface area contributed by atoms with E-state index in [0.29, 0.717) is 0 Å². The van der Waals surface area contributed by atoms with Gasteiger partial charge in [-0.2, -0.15) is 4.40 Å². The van der Waals surface area contributed by atoms with Crippen molar-refractivity contribution in [3.63, 3.8) is 0 Å². The van der Waals surface area contributed by atoms with Gasteiger partial charge in [0.25, 0.3) is 0 Å². The average molecular weight is 331 g/mol. The van der Waals surface area contributed by atoms with E-state index in [1.807, 2.05) is 6.07 Å². The molecular formula is C22H23N2O+. The number of ether oxygens (including phenoxy) is 1. The molecule has 0 atom stereocenters. The van der Waals surface area contributed by atoms with Gasteiger partial charge in [0, 0.05) is 34.0 Å². The molecule has 1 aliphatic rings. The van der Waals surface area contributed by atoms with E-state index in [1.54, 1.807) is 7.11 Å². The molecule has 0 fully saturated rings. The van der Waals surface area contributed by atoms with Crippen LogP contribution in [0.3, 0.4) is 0 Å². The van der Waals surface area contributed by atoms with Crippen molar-refractivity contribution >= 4 is 27.3 Å². The number of aryl methyl sites for hydroxylation is 2. The van der Waals surface area contributed by atoms with Crippen LogP contribution in [0.5, 0.6) is 5.75 Å². The van der Waals surface area contributed by atoms with Crippen LogP contribution in [-0.2, 0) is 12.8 Å². The summed E-state index contributed by atoms with van der Waals surface area (Å²) in [6.45, 7) is 0. The molecule has 4 aromatic rings. The van der Waals surface area contributed by atoms with E-state index in [1.165, 1.54) is 71.5 Å². The summed E-state index contributed by atoms with van der Waals surface area (Å²) in [7, 11) is 1.72. The molecule has 0 aliphatic heterocycles. The Morgan fingerprint density at radius 3 is 2.60 bits per heavy atom. The molecule has 0 saturated carbocycles. The highest BCUT2D eigenvalue weighted by Crippen LogP contribution is 2.30. The second kappa shape index (κ2) is 5.76. The van der Waals surface area contributed by atoms with Gasteiger partial charge in [-0.1, -0.05) is 12.8 Å². The third-order valence-electron chi connectivity index (χ3n) is 5.64. The van der Waals surface area contributed by atoms with Gasteiger partial charge in [-0.3, -0.25) is 0 Å². The molecule has 0 unspecified atom stereocenters. The molecule has 0 spiro atoms. The van der Waals surface area contributed by atoms with Crippen LogP contribution in [0.1, 0.15) is 36.8 Å². The lowest BCUT2D eigenvalue weighted by molar-refractivity contribution is -0.511. The van der Waals surface area contributed by atoms with Crippen LogP contribution in [0.2, 0.25) is 0 Å². The summed E-state index contributed by atoms with van der Waals surface area (Å²) in [6, 6.07) is 10.9. The number of hydrogen-bond donors (Lipinski definition) is 1. The van der Waals surface area contributed by atoms with Gasteiger partial charge in [-0.05, 0) is 49.4 Å². The third kappa shape index (κ3) is 2.38. The number of aromatic nitrogens is 2. The van der Waals surface area contributed by atoms with Crippen LogP contribution in [0.25, 0.3) is 27.3 Å². The lowest BCUT2D eigenvalue weighted by atomic mass is 9.94. The smallest absolute Gasteiger partial charge is 0.235 e. The molecule has 3 nitrogen and oxygen atoms in total. The second-order valence-electron chi connectivity index (χ2n) is 7.17. The zero-order valence-corrected chi connectivity index (χ0v) is 14.6. The highest BCUT2D eigenvalue weighted by molar-refractivity contribution is 6.11. The van der Waals surface area contributed by atoms with Gasteiger partial charge in [0.05, 0.1) is 7.11 Å². The quantitative estimate of drug-likeness (QED) is 0.502. The molecule has 1 N–H and O–H groups in total. The van der Waals surface area contributed by atoms with E-state index in [9.17, 15) is 0 Å². The summed E-state index contributed by atoms with van der Waals surface area (Å²) in [5.74, 6) is 0.902. The molecule has 0 saturated heterocycles. The van der Waals surface area contributed by atoms with E-state index >= 15 is 0 Å². The van der Waals surface area contributed by atoms with E-state index in [2.05, 4.69) is 46.0 Å². The molecule has 126 valence electrons. The Hall–Kier alpha value is -2.55. The normalized spacial score (nSPS) is 15.2. The zero-order chi connectivity index (χ0) is 16.8. The van der Waals surface area contributed by atoms with E-state index in [-0.39, 0.29) is 0 Å². The van der Waals surface area contributed by atoms with Crippen molar-refractivity contribution in [3.05, 3.63) is 53.9 Å². The predicted molar refractivity (Wildman–Crippen MR) is 101 cm³/mol. The van der Waals surface area contributed by atoms with E-state index in [4.69, 9.17) is 4.74 Å². The predicted octanol–water partition coefficient (Wildman–Crippen LogP) is 4.73. The number of hydrogen-bond acceptors (Lipinski definition) is 1. The van der Waals surface area contributed by atoms with Gasteiger partial charge >= 0.3 is 0 Å². The summed E-state index contributed by atoms with van der Waals surface area (Å²) in [4.78, 5) is 3.63. The monoisotopic (exact) mass is 331 g/mol. The van der Waals surface area contributed by atoms with Crippen molar-refractivity contribution in [3.8, 4) is 5.75 Å². The van der Waals surface area contributed by atoms with E-state index < -0.39 is 0 Å². The molecule has 0 radical (unpaired) electrons. The summed E-state index contributed by atoms with van der Waals surface area (Å²) in [6.07, 6.45) is 12.3. The molecule has 1 aromatic carbocycles. The van der Waals surface area contributed by atoms with Crippen LogP contribution in [0.4, 0.5) is 0 Å².